The molecule has 0 radical (unpaired) electrons. The number of hydrogen-bond acceptors (Lipinski definition) is 4. The van der Waals surface area contributed by atoms with Gasteiger partial charge in [0.05, 0.1) is 8.48 Å². The van der Waals surface area contributed by atoms with Crippen LogP contribution in [0.3, 0.4) is 0 Å². The molecule has 170 valence electrons. The smallest absolute Gasteiger partial charge is 0.266 e. The summed E-state index contributed by atoms with van der Waals surface area (Å²) < 4.78 is 7.11. The van der Waals surface area contributed by atoms with Gasteiger partial charge in [-0.1, -0.05) is 42.5 Å². The number of thioether (sulfide) groups is 1. The zero-order chi connectivity index (χ0) is 23.5. The molecule has 3 aromatic carbocycles. The van der Waals surface area contributed by atoms with Crippen molar-refractivity contribution in [2.24, 2.45) is 4.99 Å². The van der Waals surface area contributed by atoms with Gasteiger partial charge in [-0.05, 0) is 108 Å². The van der Waals surface area contributed by atoms with Gasteiger partial charge in [0.1, 0.15) is 12.4 Å². The van der Waals surface area contributed by atoms with Crippen molar-refractivity contribution < 1.29 is 9.53 Å². The molecule has 4 rings (SSSR count). The zero-order valence-corrected chi connectivity index (χ0v) is 22.2. The quantitative estimate of drug-likeness (QED) is 0.234. The van der Waals surface area contributed by atoms with Crippen molar-refractivity contribution in [2.45, 2.75) is 46.4 Å². The van der Waals surface area contributed by atoms with Crippen molar-refractivity contribution >= 4 is 62.3 Å². The second kappa shape index (κ2) is 10.3. The fourth-order valence-corrected chi connectivity index (χ4v) is 5.55. The molecule has 0 aromatic heterocycles. The largest absolute Gasteiger partial charge is 0.488 e. The molecule has 1 saturated heterocycles. The SMILES string of the molecule is CC(C)N=C1S/C(=C/c2ccc(OCc3ccc4ccccc4c3)c(I)c2)C(=O)N1C(C)C. The van der Waals surface area contributed by atoms with Crippen molar-refractivity contribution in [2.75, 3.05) is 0 Å². The summed E-state index contributed by atoms with van der Waals surface area (Å²) in [6, 6.07) is 21.0. The number of nitrogens with zero attached hydrogens (tertiary/aromatic N) is 2. The number of amides is 1. The number of benzene rings is 3. The Bertz CT molecular complexity index is 1250. The lowest BCUT2D eigenvalue weighted by molar-refractivity contribution is -0.123. The maximum atomic E-state index is 13.0. The standard InChI is InChI=1S/C27H27IN2O2S/c1-17(2)29-27-30(18(3)4)26(31)25(33-27)15-19-10-12-24(23(28)14-19)32-16-20-9-11-21-7-5-6-8-22(21)13-20/h5-15,17-18H,16H2,1-4H3/b25-15+,29-27?. The summed E-state index contributed by atoms with van der Waals surface area (Å²) in [7, 11) is 0. The van der Waals surface area contributed by atoms with E-state index in [0.29, 0.717) is 11.5 Å². The van der Waals surface area contributed by atoms with Crippen LogP contribution in [0.25, 0.3) is 16.8 Å². The molecular weight excluding hydrogens is 543 g/mol. The highest BCUT2D eigenvalue weighted by Gasteiger charge is 2.35. The minimum absolute atomic E-state index is 0.0149. The molecule has 1 amide bonds. The average Bonchev–Trinajstić information content (AvgIpc) is 3.07. The van der Waals surface area contributed by atoms with E-state index in [0.717, 1.165) is 25.6 Å². The van der Waals surface area contributed by atoms with E-state index in [-0.39, 0.29) is 18.0 Å². The third-order valence-corrected chi connectivity index (χ3v) is 7.02. The Morgan fingerprint density at radius 1 is 1.03 bits per heavy atom. The lowest BCUT2D eigenvalue weighted by Gasteiger charge is -2.20. The Hall–Kier alpha value is -2.32. The van der Waals surface area contributed by atoms with Crippen LogP contribution < -0.4 is 4.74 Å². The predicted molar refractivity (Wildman–Crippen MR) is 148 cm³/mol. The van der Waals surface area contributed by atoms with Gasteiger partial charge in [-0.15, -0.1) is 0 Å². The van der Waals surface area contributed by atoms with Crippen molar-refractivity contribution in [1.29, 1.82) is 0 Å². The molecule has 0 bridgehead atoms. The van der Waals surface area contributed by atoms with Gasteiger partial charge >= 0.3 is 0 Å². The van der Waals surface area contributed by atoms with Crippen LogP contribution in [0.4, 0.5) is 0 Å². The van der Waals surface area contributed by atoms with Crippen LogP contribution in [0.1, 0.15) is 38.8 Å². The highest BCUT2D eigenvalue weighted by Crippen LogP contribution is 2.35. The van der Waals surface area contributed by atoms with Crippen molar-refractivity contribution in [3.63, 3.8) is 0 Å². The van der Waals surface area contributed by atoms with Gasteiger partial charge in [0.15, 0.2) is 5.17 Å². The molecule has 0 unspecified atom stereocenters. The Balaban J connectivity index is 1.50. The normalized spacial score (nSPS) is 16.7. The second-order valence-corrected chi connectivity index (χ2v) is 10.7. The summed E-state index contributed by atoms with van der Waals surface area (Å²) in [5.41, 5.74) is 2.11. The third kappa shape index (κ3) is 5.61. The van der Waals surface area contributed by atoms with Gasteiger partial charge in [0.25, 0.3) is 5.91 Å². The number of ether oxygens (including phenoxy) is 1. The fraction of sp³-hybridized carbons (Fsp3) is 0.259. The Kier molecular flexibility index (Phi) is 7.44. The van der Waals surface area contributed by atoms with Crippen LogP contribution in [0.5, 0.6) is 5.75 Å². The fourth-order valence-electron chi connectivity index (χ4n) is 3.62. The van der Waals surface area contributed by atoms with Gasteiger partial charge in [-0.25, -0.2) is 0 Å². The highest BCUT2D eigenvalue weighted by atomic mass is 127. The van der Waals surface area contributed by atoms with E-state index in [1.807, 2.05) is 52.0 Å². The lowest BCUT2D eigenvalue weighted by Crippen LogP contribution is -2.35. The number of aliphatic imine (C=N–C) groups is 1. The van der Waals surface area contributed by atoms with Crippen molar-refractivity contribution in [3.8, 4) is 5.75 Å². The van der Waals surface area contributed by atoms with Crippen molar-refractivity contribution in [3.05, 3.63) is 80.3 Å². The molecule has 0 saturated carbocycles. The van der Waals surface area contributed by atoms with E-state index < -0.39 is 0 Å². The van der Waals surface area contributed by atoms with Crippen molar-refractivity contribution in [1.82, 2.24) is 4.90 Å². The van der Waals surface area contributed by atoms with E-state index >= 15 is 0 Å². The van der Waals surface area contributed by atoms with Crippen LogP contribution in [0.2, 0.25) is 0 Å². The molecule has 1 aliphatic rings. The van der Waals surface area contributed by atoms with E-state index in [2.05, 4.69) is 70.0 Å². The van der Waals surface area contributed by atoms with Crippen LogP contribution in [0, 0.1) is 3.57 Å². The van der Waals surface area contributed by atoms with Gasteiger partial charge < -0.3 is 4.74 Å². The first kappa shape index (κ1) is 23.8. The van der Waals surface area contributed by atoms with Crippen LogP contribution in [-0.2, 0) is 11.4 Å². The third-order valence-electron chi connectivity index (χ3n) is 5.18. The first-order valence-electron chi connectivity index (χ1n) is 11.0. The molecule has 0 atom stereocenters. The minimum atomic E-state index is 0.0149. The maximum Gasteiger partial charge on any atom is 0.266 e. The highest BCUT2D eigenvalue weighted by molar-refractivity contribution is 14.1. The number of rotatable bonds is 6. The van der Waals surface area contributed by atoms with Crippen LogP contribution in [0.15, 0.2) is 70.6 Å². The summed E-state index contributed by atoms with van der Waals surface area (Å²) in [4.78, 5) is 20.1. The molecule has 3 aromatic rings. The molecule has 0 aliphatic carbocycles. The van der Waals surface area contributed by atoms with Gasteiger partial charge in [0.2, 0.25) is 0 Å². The molecule has 1 fully saturated rings. The predicted octanol–water partition coefficient (Wildman–Crippen LogP) is 7.11. The van der Waals surface area contributed by atoms with Crippen LogP contribution >= 0.6 is 34.4 Å². The van der Waals surface area contributed by atoms with E-state index in [4.69, 9.17) is 4.74 Å². The van der Waals surface area contributed by atoms with Gasteiger partial charge in [0, 0.05) is 12.1 Å². The van der Waals surface area contributed by atoms with Crippen LogP contribution in [-0.4, -0.2) is 28.1 Å². The number of carbonyl (C=O) groups excluding carboxylic acids is 1. The number of hydrogen-bond donors (Lipinski definition) is 0. The van der Waals surface area contributed by atoms with Gasteiger partial charge in [-0.2, -0.15) is 0 Å². The second-order valence-electron chi connectivity index (χ2n) is 8.55. The van der Waals surface area contributed by atoms with E-state index in [9.17, 15) is 4.79 Å². The summed E-state index contributed by atoms with van der Waals surface area (Å²) in [5, 5.41) is 3.22. The first-order valence-corrected chi connectivity index (χ1v) is 12.9. The molecule has 0 spiro atoms. The number of carbonyl (C=O) groups is 1. The maximum absolute atomic E-state index is 13.0. The number of fused-ring (bicyclic) bond motifs is 1. The molecule has 33 heavy (non-hydrogen) atoms. The summed E-state index contributed by atoms with van der Waals surface area (Å²) in [6.45, 7) is 8.59. The van der Waals surface area contributed by atoms with E-state index in [1.54, 1.807) is 4.90 Å². The number of amidine groups is 1. The molecule has 4 nitrogen and oxygen atoms in total. The Morgan fingerprint density at radius 2 is 1.79 bits per heavy atom. The summed E-state index contributed by atoms with van der Waals surface area (Å²) in [6.07, 6.45) is 1.94. The molecule has 6 heteroatoms. The Morgan fingerprint density at radius 3 is 2.48 bits per heavy atom. The topological polar surface area (TPSA) is 41.9 Å². The molecule has 1 aliphatic heterocycles. The first-order chi connectivity index (χ1) is 15.8. The zero-order valence-electron chi connectivity index (χ0n) is 19.2. The molecular formula is C27H27IN2O2S. The monoisotopic (exact) mass is 570 g/mol. The average molecular weight is 570 g/mol. The lowest BCUT2D eigenvalue weighted by atomic mass is 10.1. The Labute approximate surface area is 213 Å². The molecule has 1 heterocycles. The molecule has 0 N–H and O–H groups in total. The summed E-state index contributed by atoms with van der Waals surface area (Å²) in [5.74, 6) is 0.850. The van der Waals surface area contributed by atoms with Gasteiger partial charge in [-0.3, -0.25) is 14.7 Å². The number of halogens is 1. The minimum Gasteiger partial charge on any atom is -0.488 e. The summed E-state index contributed by atoms with van der Waals surface area (Å²) >= 11 is 3.74. The van der Waals surface area contributed by atoms with E-state index in [1.165, 1.54) is 22.5 Å².